The number of hydrogen-bond acceptors (Lipinski definition) is 2. The number of aryl methyl sites for hydroxylation is 2. The highest BCUT2D eigenvalue weighted by Gasteiger charge is 2.12. The van der Waals surface area contributed by atoms with E-state index in [1.54, 1.807) is 0 Å². The van der Waals surface area contributed by atoms with E-state index < -0.39 is 0 Å². The van der Waals surface area contributed by atoms with Crippen molar-refractivity contribution in [1.82, 2.24) is 0 Å². The van der Waals surface area contributed by atoms with Gasteiger partial charge in [0.1, 0.15) is 0 Å². The summed E-state index contributed by atoms with van der Waals surface area (Å²) in [6.45, 7) is 5.84. The highest BCUT2D eigenvalue weighted by molar-refractivity contribution is 7.80. The summed E-state index contributed by atoms with van der Waals surface area (Å²) in [5.41, 5.74) is 8.56. The molecular weight excluding hydrogens is 232 g/mol. The first-order valence-electron chi connectivity index (χ1n) is 5.56. The molecule has 0 saturated heterocycles. The molecule has 4 heteroatoms. The van der Waals surface area contributed by atoms with Gasteiger partial charge in [0.25, 0.3) is 0 Å². The molecule has 0 bridgehead atoms. The normalized spacial score (nSPS) is 11.9. The average Bonchev–Trinajstić information content (AvgIpc) is 2.22. The van der Waals surface area contributed by atoms with E-state index in [2.05, 4.69) is 5.32 Å². The maximum absolute atomic E-state index is 11.7. The first-order valence-corrected chi connectivity index (χ1v) is 5.97. The van der Waals surface area contributed by atoms with E-state index in [0.717, 1.165) is 11.3 Å². The van der Waals surface area contributed by atoms with Gasteiger partial charge in [0.2, 0.25) is 5.91 Å². The third-order valence-electron chi connectivity index (χ3n) is 2.63. The van der Waals surface area contributed by atoms with Crippen LogP contribution < -0.4 is 11.1 Å². The van der Waals surface area contributed by atoms with Crippen LogP contribution in [0.1, 0.15) is 24.5 Å². The predicted octanol–water partition coefficient (Wildman–Crippen LogP) is 2.55. The Morgan fingerprint density at radius 1 is 1.47 bits per heavy atom. The van der Waals surface area contributed by atoms with Gasteiger partial charge in [0.05, 0.1) is 4.99 Å². The molecule has 0 aliphatic heterocycles. The maximum atomic E-state index is 11.7. The molecule has 1 aromatic carbocycles. The van der Waals surface area contributed by atoms with Gasteiger partial charge in [-0.25, -0.2) is 0 Å². The number of nitrogens with two attached hydrogens (primary N) is 1. The highest BCUT2D eigenvalue weighted by atomic mass is 32.1. The molecule has 0 spiro atoms. The zero-order valence-electron chi connectivity index (χ0n) is 10.4. The number of anilines is 1. The summed E-state index contributed by atoms with van der Waals surface area (Å²) in [5, 5.41) is 2.87. The Hall–Kier alpha value is -1.42. The molecule has 17 heavy (non-hydrogen) atoms. The summed E-state index contributed by atoms with van der Waals surface area (Å²) in [4.78, 5) is 12.1. The molecular formula is C13H18N2OS. The van der Waals surface area contributed by atoms with Crippen LogP contribution in [0.4, 0.5) is 5.69 Å². The Bertz CT molecular complexity index is 443. The molecule has 0 radical (unpaired) electrons. The topological polar surface area (TPSA) is 55.1 Å². The lowest BCUT2D eigenvalue weighted by Crippen LogP contribution is -2.24. The van der Waals surface area contributed by atoms with Crippen LogP contribution in [0.3, 0.4) is 0 Å². The number of carbonyl (C=O) groups excluding carboxylic acids is 1. The Labute approximate surface area is 107 Å². The van der Waals surface area contributed by atoms with Crippen LogP contribution in [0, 0.1) is 19.8 Å². The Kier molecular flexibility index (Phi) is 4.63. The maximum Gasteiger partial charge on any atom is 0.225 e. The molecule has 1 aromatic rings. The SMILES string of the molecule is Cc1ccc(NC(=O)CC(C)C(N)=S)c(C)c1. The molecule has 3 N–H and O–H groups in total. The molecule has 3 nitrogen and oxygen atoms in total. The highest BCUT2D eigenvalue weighted by Crippen LogP contribution is 2.16. The molecule has 1 unspecified atom stereocenters. The van der Waals surface area contributed by atoms with Gasteiger partial charge in [-0.1, -0.05) is 36.8 Å². The molecule has 0 aliphatic rings. The summed E-state index contributed by atoms with van der Waals surface area (Å²) < 4.78 is 0. The molecule has 0 saturated carbocycles. The van der Waals surface area contributed by atoms with Gasteiger partial charge in [-0.3, -0.25) is 4.79 Å². The number of rotatable bonds is 4. The monoisotopic (exact) mass is 250 g/mol. The van der Waals surface area contributed by atoms with Crippen molar-refractivity contribution in [3.63, 3.8) is 0 Å². The molecule has 1 atom stereocenters. The van der Waals surface area contributed by atoms with Crippen molar-refractivity contribution in [2.75, 3.05) is 5.32 Å². The number of thiocarbonyl (C=S) groups is 1. The van der Waals surface area contributed by atoms with E-state index in [9.17, 15) is 4.79 Å². The van der Waals surface area contributed by atoms with E-state index in [0.29, 0.717) is 11.4 Å². The summed E-state index contributed by atoms with van der Waals surface area (Å²) in [7, 11) is 0. The second kappa shape index (κ2) is 5.77. The van der Waals surface area contributed by atoms with Crippen molar-refractivity contribution in [2.45, 2.75) is 27.2 Å². The fourth-order valence-corrected chi connectivity index (χ4v) is 1.62. The van der Waals surface area contributed by atoms with Gasteiger partial charge in [0, 0.05) is 18.0 Å². The number of hydrogen-bond donors (Lipinski definition) is 2. The third-order valence-corrected chi connectivity index (χ3v) is 3.04. The predicted molar refractivity (Wildman–Crippen MR) is 75.1 cm³/mol. The summed E-state index contributed by atoms with van der Waals surface area (Å²) in [5.74, 6) is -0.131. The van der Waals surface area contributed by atoms with E-state index in [-0.39, 0.29) is 11.8 Å². The molecule has 0 fully saturated rings. The van der Waals surface area contributed by atoms with Gasteiger partial charge in [-0.2, -0.15) is 0 Å². The second-order valence-corrected chi connectivity index (χ2v) is 4.85. The lowest BCUT2D eigenvalue weighted by molar-refractivity contribution is -0.116. The van der Waals surface area contributed by atoms with Crippen LogP contribution in [-0.4, -0.2) is 10.9 Å². The standard InChI is InChI=1S/C13H18N2OS/c1-8-4-5-11(9(2)6-8)15-12(16)7-10(3)13(14)17/h4-6,10H,7H2,1-3H3,(H2,14,17)(H,15,16). The van der Waals surface area contributed by atoms with Crippen molar-refractivity contribution in [2.24, 2.45) is 11.7 Å². The molecule has 1 rings (SSSR count). The van der Waals surface area contributed by atoms with Crippen LogP contribution in [0.15, 0.2) is 18.2 Å². The molecule has 0 aromatic heterocycles. The number of carbonyl (C=O) groups is 1. The van der Waals surface area contributed by atoms with Crippen LogP contribution in [0.25, 0.3) is 0 Å². The van der Waals surface area contributed by atoms with Crippen LogP contribution in [0.5, 0.6) is 0 Å². The summed E-state index contributed by atoms with van der Waals surface area (Å²) in [6, 6.07) is 5.92. The number of amides is 1. The van der Waals surface area contributed by atoms with Gasteiger partial charge in [-0.15, -0.1) is 0 Å². The molecule has 92 valence electrons. The first-order chi connectivity index (χ1) is 7.90. The van der Waals surface area contributed by atoms with Crippen LogP contribution in [0.2, 0.25) is 0 Å². The van der Waals surface area contributed by atoms with Crippen molar-refractivity contribution >= 4 is 28.8 Å². The van der Waals surface area contributed by atoms with Crippen molar-refractivity contribution in [3.05, 3.63) is 29.3 Å². The Morgan fingerprint density at radius 3 is 2.65 bits per heavy atom. The number of benzene rings is 1. The minimum Gasteiger partial charge on any atom is -0.393 e. The van der Waals surface area contributed by atoms with E-state index in [4.69, 9.17) is 18.0 Å². The van der Waals surface area contributed by atoms with Crippen molar-refractivity contribution in [3.8, 4) is 0 Å². The van der Waals surface area contributed by atoms with Gasteiger partial charge >= 0.3 is 0 Å². The largest absolute Gasteiger partial charge is 0.393 e. The van der Waals surface area contributed by atoms with E-state index >= 15 is 0 Å². The van der Waals surface area contributed by atoms with Crippen molar-refractivity contribution < 1.29 is 4.79 Å². The van der Waals surface area contributed by atoms with Gasteiger partial charge in [0.15, 0.2) is 0 Å². The average molecular weight is 250 g/mol. The third kappa shape index (κ3) is 4.15. The first kappa shape index (κ1) is 13.6. The molecule has 0 aliphatic carbocycles. The van der Waals surface area contributed by atoms with Crippen LogP contribution in [-0.2, 0) is 4.79 Å². The fraction of sp³-hybridized carbons (Fsp3) is 0.385. The Balaban J connectivity index is 2.65. The summed E-state index contributed by atoms with van der Waals surface area (Å²) >= 11 is 4.84. The van der Waals surface area contributed by atoms with E-state index in [1.165, 1.54) is 5.56 Å². The molecule has 0 heterocycles. The molecule has 1 amide bonds. The van der Waals surface area contributed by atoms with Gasteiger partial charge < -0.3 is 11.1 Å². The van der Waals surface area contributed by atoms with Crippen molar-refractivity contribution in [1.29, 1.82) is 0 Å². The Morgan fingerprint density at radius 2 is 2.12 bits per heavy atom. The van der Waals surface area contributed by atoms with Crippen LogP contribution >= 0.6 is 12.2 Å². The van der Waals surface area contributed by atoms with Gasteiger partial charge in [-0.05, 0) is 25.5 Å². The summed E-state index contributed by atoms with van der Waals surface area (Å²) in [6.07, 6.45) is 0.322. The zero-order chi connectivity index (χ0) is 13.0. The lowest BCUT2D eigenvalue weighted by Gasteiger charge is -2.12. The fourth-order valence-electron chi connectivity index (χ4n) is 1.53. The number of nitrogens with one attached hydrogen (secondary N) is 1. The minimum atomic E-state index is -0.0734. The lowest BCUT2D eigenvalue weighted by atomic mass is 10.1. The quantitative estimate of drug-likeness (QED) is 0.807. The zero-order valence-corrected chi connectivity index (χ0v) is 11.2. The van der Waals surface area contributed by atoms with E-state index in [1.807, 2.05) is 39.0 Å². The smallest absolute Gasteiger partial charge is 0.225 e. The second-order valence-electron chi connectivity index (χ2n) is 4.37. The minimum absolute atomic E-state index is 0.0581.